The largest absolute Gasteiger partial charge is 0.480 e. The van der Waals surface area contributed by atoms with Gasteiger partial charge in [-0.25, -0.2) is 9.59 Å². The van der Waals surface area contributed by atoms with Gasteiger partial charge in [-0.05, 0) is 26.7 Å². The number of alkyl carbamates (subject to hydrolysis) is 1. The maximum absolute atomic E-state index is 12.4. The smallest absolute Gasteiger partial charge is 0.408 e. The highest BCUT2D eigenvalue weighted by Gasteiger charge is 2.29. The summed E-state index contributed by atoms with van der Waals surface area (Å²) in [7, 11) is 0. The molecule has 9 nitrogen and oxygen atoms in total. The molecular formula is C16H29N3O6S. The molecule has 10 heteroatoms. The summed E-state index contributed by atoms with van der Waals surface area (Å²) < 4.78 is 5.14. The predicted molar refractivity (Wildman–Crippen MR) is 98.7 cm³/mol. The van der Waals surface area contributed by atoms with E-state index in [1.807, 2.05) is 0 Å². The topological polar surface area (TPSA) is 134 Å². The van der Waals surface area contributed by atoms with Crippen molar-refractivity contribution in [1.82, 2.24) is 16.0 Å². The molecule has 0 aliphatic rings. The first-order valence-electron chi connectivity index (χ1n) is 8.18. The Morgan fingerprint density at radius 3 is 2.12 bits per heavy atom. The number of carbonyl (C=O) groups excluding carboxylic acids is 3. The molecule has 0 fully saturated rings. The molecule has 0 aliphatic carbocycles. The Bertz CT molecular complexity index is 519. The predicted octanol–water partition coefficient (Wildman–Crippen LogP) is 0.932. The first-order valence-corrected chi connectivity index (χ1v) is 9.33. The van der Waals surface area contributed by atoms with Crippen molar-refractivity contribution in [1.29, 1.82) is 0 Å². The monoisotopic (exact) mass is 391 g/mol. The molecule has 0 aliphatic heterocycles. The molecule has 0 saturated carbocycles. The zero-order valence-corrected chi connectivity index (χ0v) is 16.9. The molecule has 150 valence electrons. The molecule has 0 bridgehead atoms. The summed E-state index contributed by atoms with van der Waals surface area (Å²) >= 11 is 1.21. The molecule has 0 aromatic rings. The van der Waals surface area contributed by atoms with Crippen LogP contribution in [0.5, 0.6) is 0 Å². The second-order valence-corrected chi connectivity index (χ2v) is 8.05. The highest BCUT2D eigenvalue weighted by atomic mass is 32.2. The molecule has 3 amide bonds. The number of carbonyl (C=O) groups is 4. The molecule has 0 radical (unpaired) electrons. The van der Waals surface area contributed by atoms with Crippen LogP contribution >= 0.6 is 11.8 Å². The van der Waals surface area contributed by atoms with Crippen molar-refractivity contribution in [3.8, 4) is 0 Å². The molecule has 0 aromatic carbocycles. The van der Waals surface area contributed by atoms with Crippen LogP contribution < -0.4 is 16.0 Å². The second-order valence-electron chi connectivity index (χ2n) is 7.02. The van der Waals surface area contributed by atoms with Crippen LogP contribution in [0.1, 0.15) is 41.5 Å². The van der Waals surface area contributed by atoms with Crippen LogP contribution in [-0.2, 0) is 19.1 Å². The Morgan fingerprint density at radius 2 is 1.69 bits per heavy atom. The van der Waals surface area contributed by atoms with Gasteiger partial charge in [0.2, 0.25) is 11.8 Å². The molecule has 0 rings (SSSR count). The summed E-state index contributed by atoms with van der Waals surface area (Å²) in [5.74, 6) is -1.95. The fourth-order valence-electron chi connectivity index (χ4n) is 1.73. The lowest BCUT2D eigenvalue weighted by Crippen LogP contribution is -2.54. The number of rotatable bonds is 9. The lowest BCUT2D eigenvalue weighted by molar-refractivity contribution is -0.143. The highest BCUT2D eigenvalue weighted by molar-refractivity contribution is 7.99. The first-order chi connectivity index (χ1) is 11.8. The first kappa shape index (κ1) is 24.0. The Hall–Kier alpha value is -1.97. The number of aliphatic carboxylic acids is 1. The van der Waals surface area contributed by atoms with Crippen LogP contribution in [0.2, 0.25) is 0 Å². The molecule has 0 aromatic heterocycles. The maximum atomic E-state index is 12.4. The quantitative estimate of drug-likeness (QED) is 0.339. The van der Waals surface area contributed by atoms with Crippen LogP contribution in [-0.4, -0.2) is 58.3 Å². The van der Waals surface area contributed by atoms with Crippen LogP contribution in [0.25, 0.3) is 0 Å². The number of ether oxygens (including phenoxy) is 1. The number of amides is 3. The van der Waals surface area contributed by atoms with Crippen molar-refractivity contribution in [2.75, 3.05) is 11.6 Å². The zero-order valence-electron chi connectivity index (χ0n) is 16.0. The summed E-state index contributed by atoms with van der Waals surface area (Å²) in [5, 5.41) is 16.6. The SMILES string of the molecule is CC(=O)NCSCC(NC(=O)OC(C)(C)C)C(=O)NC(C(=O)O)C(C)C. The lowest BCUT2D eigenvalue weighted by Gasteiger charge is -2.25. The Morgan fingerprint density at radius 1 is 1.12 bits per heavy atom. The lowest BCUT2D eigenvalue weighted by atomic mass is 10.0. The number of nitrogens with one attached hydrogen (secondary N) is 3. The van der Waals surface area contributed by atoms with E-state index < -0.39 is 35.7 Å². The van der Waals surface area contributed by atoms with E-state index in [0.717, 1.165) is 0 Å². The van der Waals surface area contributed by atoms with E-state index in [2.05, 4.69) is 16.0 Å². The number of hydrogen-bond donors (Lipinski definition) is 4. The van der Waals surface area contributed by atoms with Gasteiger partial charge in [0.15, 0.2) is 0 Å². The van der Waals surface area contributed by atoms with Gasteiger partial charge in [-0.2, -0.15) is 0 Å². The molecule has 2 atom stereocenters. The normalized spacial score (nSPS) is 13.5. The Kier molecular flexibility index (Phi) is 10.1. The van der Waals surface area contributed by atoms with Crippen molar-refractivity contribution in [3.05, 3.63) is 0 Å². The number of carboxylic acids is 1. The standard InChI is InChI=1S/C16H29N3O6S/c1-9(2)12(14(22)23)19-13(21)11(7-26-8-17-10(3)20)18-15(24)25-16(4,5)6/h9,11-12H,7-8H2,1-6H3,(H,17,20)(H,18,24)(H,19,21)(H,22,23). The van der Waals surface area contributed by atoms with E-state index in [1.165, 1.54) is 18.7 Å². The van der Waals surface area contributed by atoms with E-state index in [4.69, 9.17) is 4.74 Å². The van der Waals surface area contributed by atoms with Crippen LogP contribution in [0.4, 0.5) is 4.79 Å². The van der Waals surface area contributed by atoms with Crippen LogP contribution in [0.3, 0.4) is 0 Å². The molecular weight excluding hydrogens is 362 g/mol. The maximum Gasteiger partial charge on any atom is 0.408 e. The van der Waals surface area contributed by atoms with Gasteiger partial charge in [0.1, 0.15) is 17.7 Å². The minimum Gasteiger partial charge on any atom is -0.480 e. The summed E-state index contributed by atoms with van der Waals surface area (Å²) in [6.07, 6.45) is -0.783. The minimum absolute atomic E-state index is 0.135. The van der Waals surface area contributed by atoms with Crippen molar-refractivity contribution in [3.63, 3.8) is 0 Å². The average molecular weight is 391 g/mol. The van der Waals surface area contributed by atoms with E-state index >= 15 is 0 Å². The summed E-state index contributed by atoms with van der Waals surface area (Å²) in [6.45, 7) is 9.76. The third kappa shape index (κ3) is 10.8. The van der Waals surface area contributed by atoms with E-state index in [9.17, 15) is 24.3 Å². The van der Waals surface area contributed by atoms with E-state index in [0.29, 0.717) is 0 Å². The number of thioether (sulfide) groups is 1. The fourth-order valence-corrected chi connectivity index (χ4v) is 2.62. The van der Waals surface area contributed by atoms with Crippen molar-refractivity contribution in [2.24, 2.45) is 5.92 Å². The number of hydrogen-bond acceptors (Lipinski definition) is 6. The molecule has 4 N–H and O–H groups in total. The summed E-state index contributed by atoms with van der Waals surface area (Å²) in [4.78, 5) is 46.6. The van der Waals surface area contributed by atoms with Crippen molar-refractivity contribution >= 4 is 35.6 Å². The van der Waals surface area contributed by atoms with Crippen LogP contribution in [0.15, 0.2) is 0 Å². The summed E-state index contributed by atoms with van der Waals surface area (Å²) in [5.41, 5.74) is -0.740. The molecule has 26 heavy (non-hydrogen) atoms. The molecule has 0 heterocycles. The van der Waals surface area contributed by atoms with Crippen molar-refractivity contribution < 1.29 is 29.0 Å². The second kappa shape index (κ2) is 10.9. The molecule has 2 unspecified atom stereocenters. The van der Waals surface area contributed by atoms with Gasteiger partial charge in [-0.15, -0.1) is 11.8 Å². The van der Waals surface area contributed by atoms with E-state index in [1.54, 1.807) is 34.6 Å². The van der Waals surface area contributed by atoms with Crippen molar-refractivity contribution in [2.45, 2.75) is 59.2 Å². The minimum atomic E-state index is -1.16. The summed E-state index contributed by atoms with van der Waals surface area (Å²) in [6, 6.07) is -2.09. The fraction of sp³-hybridized carbons (Fsp3) is 0.750. The van der Waals surface area contributed by atoms with Gasteiger partial charge >= 0.3 is 12.1 Å². The molecule has 0 spiro atoms. The average Bonchev–Trinajstić information content (AvgIpc) is 2.44. The van der Waals surface area contributed by atoms with Gasteiger partial charge in [0, 0.05) is 12.7 Å². The van der Waals surface area contributed by atoms with Gasteiger partial charge in [0.25, 0.3) is 0 Å². The molecule has 0 saturated heterocycles. The van der Waals surface area contributed by atoms with Crippen LogP contribution in [0, 0.1) is 5.92 Å². The highest BCUT2D eigenvalue weighted by Crippen LogP contribution is 2.09. The van der Waals surface area contributed by atoms with Gasteiger partial charge in [-0.1, -0.05) is 13.8 Å². The Labute approximate surface area is 158 Å². The van der Waals surface area contributed by atoms with Gasteiger partial charge in [-0.3, -0.25) is 9.59 Å². The third-order valence-corrected chi connectivity index (χ3v) is 3.86. The Balaban J connectivity index is 4.98. The van der Waals surface area contributed by atoms with Gasteiger partial charge in [0.05, 0.1) is 5.88 Å². The zero-order chi connectivity index (χ0) is 20.5. The van der Waals surface area contributed by atoms with Gasteiger partial charge < -0.3 is 25.8 Å². The van der Waals surface area contributed by atoms with E-state index in [-0.39, 0.29) is 23.5 Å². The number of carboxylic acid groups (broad SMARTS) is 1. The third-order valence-electron chi connectivity index (χ3n) is 2.95.